The van der Waals surface area contributed by atoms with E-state index in [0.29, 0.717) is 45.0 Å². The molecule has 4 rings (SSSR count). The van der Waals surface area contributed by atoms with Crippen LogP contribution in [0, 0.1) is 11.7 Å². The van der Waals surface area contributed by atoms with Crippen LogP contribution in [0.3, 0.4) is 0 Å². The number of nitrogens with one attached hydrogen (secondary N) is 1. The molecule has 2 amide bonds. The van der Waals surface area contributed by atoms with Gasteiger partial charge in [-0.3, -0.25) is 9.59 Å². The molecule has 0 unspecified atom stereocenters. The highest BCUT2D eigenvalue weighted by Gasteiger charge is 2.28. The Hall–Kier alpha value is -2.74. The van der Waals surface area contributed by atoms with Crippen LogP contribution >= 0.6 is 0 Å². The SMILES string of the molecule is O=C(Nc1ccnn1C1CCN(C(=O)CCc2ccc(F)cc2)CC1)[C@@H]1CCOC1. The van der Waals surface area contributed by atoms with Gasteiger partial charge in [0.2, 0.25) is 11.8 Å². The summed E-state index contributed by atoms with van der Waals surface area (Å²) < 4.78 is 20.2. The van der Waals surface area contributed by atoms with Gasteiger partial charge in [0.1, 0.15) is 11.6 Å². The minimum atomic E-state index is -0.266. The summed E-state index contributed by atoms with van der Waals surface area (Å²) in [5.41, 5.74) is 0.962. The molecule has 0 bridgehead atoms. The summed E-state index contributed by atoms with van der Waals surface area (Å²) in [5, 5.41) is 7.39. The topological polar surface area (TPSA) is 76.5 Å². The van der Waals surface area contributed by atoms with Gasteiger partial charge in [0.15, 0.2) is 0 Å². The van der Waals surface area contributed by atoms with Crippen LogP contribution in [-0.4, -0.2) is 52.8 Å². The lowest BCUT2D eigenvalue weighted by molar-refractivity contribution is -0.132. The zero-order valence-electron chi connectivity index (χ0n) is 16.9. The molecule has 7 nitrogen and oxygen atoms in total. The molecule has 30 heavy (non-hydrogen) atoms. The Labute approximate surface area is 175 Å². The normalized spacial score (nSPS) is 19.8. The van der Waals surface area contributed by atoms with Crippen molar-refractivity contribution in [2.75, 3.05) is 31.6 Å². The van der Waals surface area contributed by atoms with Gasteiger partial charge in [0.25, 0.3) is 0 Å². The maximum absolute atomic E-state index is 13.0. The lowest BCUT2D eigenvalue weighted by Gasteiger charge is -2.33. The maximum Gasteiger partial charge on any atom is 0.231 e. The molecule has 0 saturated carbocycles. The number of aromatic nitrogens is 2. The van der Waals surface area contributed by atoms with Gasteiger partial charge in [-0.15, -0.1) is 0 Å². The highest BCUT2D eigenvalue weighted by atomic mass is 19.1. The van der Waals surface area contributed by atoms with Crippen LogP contribution in [0.5, 0.6) is 0 Å². The molecular formula is C22H27FN4O3. The van der Waals surface area contributed by atoms with Crippen LogP contribution in [0.4, 0.5) is 10.2 Å². The van der Waals surface area contributed by atoms with E-state index in [9.17, 15) is 14.0 Å². The average molecular weight is 414 g/mol. The van der Waals surface area contributed by atoms with Gasteiger partial charge in [-0.2, -0.15) is 5.10 Å². The third-order valence-electron chi connectivity index (χ3n) is 5.93. The van der Waals surface area contributed by atoms with E-state index in [0.717, 1.165) is 24.8 Å². The number of aryl methyl sites for hydroxylation is 1. The van der Waals surface area contributed by atoms with Crippen molar-refractivity contribution in [3.63, 3.8) is 0 Å². The van der Waals surface area contributed by atoms with Crippen LogP contribution in [-0.2, 0) is 20.7 Å². The first-order valence-electron chi connectivity index (χ1n) is 10.5. The minimum Gasteiger partial charge on any atom is -0.381 e. The number of anilines is 1. The van der Waals surface area contributed by atoms with Crippen molar-refractivity contribution in [3.05, 3.63) is 47.9 Å². The molecule has 2 fully saturated rings. The third-order valence-corrected chi connectivity index (χ3v) is 5.93. The summed E-state index contributed by atoms with van der Waals surface area (Å²) >= 11 is 0. The number of carbonyl (C=O) groups is 2. The zero-order valence-corrected chi connectivity index (χ0v) is 16.9. The van der Waals surface area contributed by atoms with E-state index in [4.69, 9.17) is 4.74 Å². The van der Waals surface area contributed by atoms with Crippen molar-refractivity contribution < 1.29 is 18.7 Å². The van der Waals surface area contributed by atoms with E-state index in [2.05, 4.69) is 10.4 Å². The summed E-state index contributed by atoms with van der Waals surface area (Å²) in [7, 11) is 0. The predicted octanol–water partition coefficient (Wildman–Crippen LogP) is 2.79. The Kier molecular flexibility index (Phi) is 6.42. The smallest absolute Gasteiger partial charge is 0.231 e. The molecule has 0 radical (unpaired) electrons. The number of nitrogens with zero attached hydrogens (tertiary/aromatic N) is 3. The largest absolute Gasteiger partial charge is 0.381 e. The van der Waals surface area contributed by atoms with Crippen molar-refractivity contribution in [3.8, 4) is 0 Å². The number of piperidine rings is 1. The fourth-order valence-electron chi connectivity index (χ4n) is 4.09. The van der Waals surface area contributed by atoms with E-state index in [1.807, 2.05) is 15.6 Å². The molecule has 2 saturated heterocycles. The van der Waals surface area contributed by atoms with Crippen LogP contribution in [0.15, 0.2) is 36.5 Å². The first kappa shape index (κ1) is 20.5. The Balaban J connectivity index is 1.27. The molecular weight excluding hydrogens is 387 g/mol. The second-order valence-electron chi connectivity index (χ2n) is 7.95. The van der Waals surface area contributed by atoms with Gasteiger partial charge >= 0.3 is 0 Å². The Morgan fingerprint density at radius 2 is 1.90 bits per heavy atom. The molecule has 1 N–H and O–H groups in total. The van der Waals surface area contributed by atoms with E-state index in [-0.39, 0.29) is 29.6 Å². The molecule has 0 spiro atoms. The van der Waals surface area contributed by atoms with Crippen molar-refractivity contribution >= 4 is 17.6 Å². The predicted molar refractivity (Wildman–Crippen MR) is 109 cm³/mol. The quantitative estimate of drug-likeness (QED) is 0.789. The number of hydrogen-bond acceptors (Lipinski definition) is 4. The van der Waals surface area contributed by atoms with Crippen molar-refractivity contribution in [1.82, 2.24) is 14.7 Å². The average Bonchev–Trinajstić information content (AvgIpc) is 3.45. The number of likely N-dealkylation sites (tertiary alicyclic amines) is 1. The monoisotopic (exact) mass is 414 g/mol. The number of benzene rings is 1. The lowest BCUT2D eigenvalue weighted by Crippen LogP contribution is -2.39. The van der Waals surface area contributed by atoms with Crippen LogP contribution in [0.1, 0.15) is 37.3 Å². The van der Waals surface area contributed by atoms with E-state index in [1.165, 1.54) is 12.1 Å². The van der Waals surface area contributed by atoms with E-state index >= 15 is 0 Å². The van der Waals surface area contributed by atoms with Crippen LogP contribution in [0.25, 0.3) is 0 Å². The highest BCUT2D eigenvalue weighted by Crippen LogP contribution is 2.26. The van der Waals surface area contributed by atoms with Crippen molar-refractivity contribution in [2.24, 2.45) is 5.92 Å². The fraction of sp³-hybridized carbons (Fsp3) is 0.500. The van der Waals surface area contributed by atoms with E-state index in [1.54, 1.807) is 18.3 Å². The molecule has 8 heteroatoms. The van der Waals surface area contributed by atoms with Gasteiger partial charge in [0.05, 0.1) is 24.8 Å². The molecule has 160 valence electrons. The Morgan fingerprint density at radius 3 is 2.60 bits per heavy atom. The highest BCUT2D eigenvalue weighted by molar-refractivity contribution is 5.92. The van der Waals surface area contributed by atoms with Gasteiger partial charge in [-0.05, 0) is 43.4 Å². The molecule has 1 aromatic heterocycles. The standard InChI is InChI=1S/C22H27FN4O3/c23-18-4-1-16(2-5-18)3-6-21(28)26-12-8-19(9-13-26)27-20(7-11-24-27)25-22(29)17-10-14-30-15-17/h1-2,4-5,7,11,17,19H,3,6,8-10,12-15H2,(H,25,29)/t17-/m1/s1. The minimum absolute atomic E-state index is 0.0253. The van der Waals surface area contributed by atoms with Gasteiger partial charge < -0.3 is 15.0 Å². The zero-order chi connectivity index (χ0) is 20.9. The van der Waals surface area contributed by atoms with Crippen LogP contribution in [0.2, 0.25) is 0 Å². The molecule has 3 heterocycles. The lowest BCUT2D eigenvalue weighted by atomic mass is 10.0. The summed E-state index contributed by atoms with van der Waals surface area (Å²) in [6, 6.07) is 8.25. The summed E-state index contributed by atoms with van der Waals surface area (Å²) in [4.78, 5) is 26.8. The van der Waals surface area contributed by atoms with Gasteiger partial charge in [-0.1, -0.05) is 12.1 Å². The summed E-state index contributed by atoms with van der Waals surface area (Å²) in [6.07, 6.45) is 5.06. The first-order chi connectivity index (χ1) is 14.6. The number of ether oxygens (including phenoxy) is 1. The maximum atomic E-state index is 13.0. The fourth-order valence-corrected chi connectivity index (χ4v) is 4.09. The molecule has 1 atom stereocenters. The van der Waals surface area contributed by atoms with Crippen molar-refractivity contribution in [1.29, 1.82) is 0 Å². The van der Waals surface area contributed by atoms with E-state index < -0.39 is 0 Å². The number of hydrogen-bond donors (Lipinski definition) is 1. The molecule has 0 aliphatic carbocycles. The summed E-state index contributed by atoms with van der Waals surface area (Å²) in [5.74, 6) is 0.426. The molecule has 1 aromatic carbocycles. The number of halogens is 1. The number of carbonyl (C=O) groups excluding carboxylic acids is 2. The summed E-state index contributed by atoms with van der Waals surface area (Å²) in [6.45, 7) is 2.43. The second kappa shape index (κ2) is 9.38. The van der Waals surface area contributed by atoms with Gasteiger partial charge in [0, 0.05) is 32.2 Å². The Bertz CT molecular complexity index is 869. The molecule has 2 aromatic rings. The molecule has 2 aliphatic rings. The second-order valence-corrected chi connectivity index (χ2v) is 7.95. The number of rotatable bonds is 6. The van der Waals surface area contributed by atoms with Gasteiger partial charge in [-0.25, -0.2) is 9.07 Å². The number of amides is 2. The van der Waals surface area contributed by atoms with Crippen molar-refractivity contribution in [2.45, 2.75) is 38.1 Å². The first-order valence-corrected chi connectivity index (χ1v) is 10.5. The Morgan fingerprint density at radius 1 is 1.13 bits per heavy atom. The van der Waals surface area contributed by atoms with Crippen LogP contribution < -0.4 is 5.32 Å². The molecule has 2 aliphatic heterocycles. The third kappa shape index (κ3) is 4.87.